The molecule has 0 bridgehead atoms. The second-order valence-corrected chi connectivity index (χ2v) is 7.75. The van der Waals surface area contributed by atoms with Crippen molar-refractivity contribution in [1.29, 1.82) is 0 Å². The van der Waals surface area contributed by atoms with E-state index in [4.69, 9.17) is 25.5 Å². The molecule has 1 aliphatic heterocycles. The van der Waals surface area contributed by atoms with Crippen molar-refractivity contribution in [3.8, 4) is 11.5 Å². The van der Waals surface area contributed by atoms with Crippen LogP contribution in [0.15, 0.2) is 54.0 Å². The van der Waals surface area contributed by atoms with E-state index in [1.165, 1.54) is 0 Å². The minimum absolute atomic E-state index is 0.362. The lowest BCUT2D eigenvalue weighted by molar-refractivity contribution is 0.00578. The summed E-state index contributed by atoms with van der Waals surface area (Å²) in [5.74, 6) is 1.49. The Morgan fingerprint density at radius 1 is 0.926 bits per heavy atom. The summed E-state index contributed by atoms with van der Waals surface area (Å²) in [6, 6.07) is 15.1. The van der Waals surface area contributed by atoms with Gasteiger partial charge in [-0.2, -0.15) is 0 Å². The van der Waals surface area contributed by atoms with E-state index in [0.29, 0.717) is 12.2 Å². The van der Waals surface area contributed by atoms with Gasteiger partial charge in [-0.25, -0.2) is 0 Å². The molecule has 0 amide bonds. The van der Waals surface area contributed by atoms with Gasteiger partial charge < -0.3 is 25.5 Å². The molecule has 0 radical (unpaired) electrons. The van der Waals surface area contributed by atoms with Crippen molar-refractivity contribution in [2.75, 3.05) is 12.3 Å². The monoisotopic (exact) mass is 366 g/mol. The Labute approximate surface area is 161 Å². The van der Waals surface area contributed by atoms with Gasteiger partial charge in [-0.05, 0) is 75.1 Å². The zero-order valence-electron chi connectivity index (χ0n) is 16.4. The Kier molecular flexibility index (Phi) is 5.33. The highest BCUT2D eigenvalue weighted by atomic mass is 16.7. The lowest BCUT2D eigenvalue weighted by Gasteiger charge is -2.32. The minimum atomic E-state index is -0.439. The first-order valence-electron chi connectivity index (χ1n) is 9.10. The molecule has 1 heterocycles. The third-order valence-electron chi connectivity index (χ3n) is 5.14. The van der Waals surface area contributed by atoms with E-state index in [0.717, 1.165) is 22.5 Å². The van der Waals surface area contributed by atoms with Crippen LogP contribution in [0.1, 0.15) is 33.3 Å². The molecule has 4 N–H and O–H groups in total. The van der Waals surface area contributed by atoms with Crippen molar-refractivity contribution in [2.45, 2.75) is 38.9 Å². The quantitative estimate of drug-likeness (QED) is 0.617. The number of anilines is 1. The number of nitrogens with two attached hydrogens (primary N) is 2. The average molecular weight is 366 g/mol. The average Bonchev–Trinajstić information content (AvgIpc) is 2.83. The summed E-state index contributed by atoms with van der Waals surface area (Å²) in [6.07, 6.45) is 2.01. The summed E-state index contributed by atoms with van der Waals surface area (Å²) >= 11 is 0. The Balaban J connectivity index is 1.73. The highest BCUT2D eigenvalue weighted by molar-refractivity contribution is 6.55. The van der Waals surface area contributed by atoms with Crippen LogP contribution >= 0.6 is 0 Å². The van der Waals surface area contributed by atoms with Gasteiger partial charge >= 0.3 is 7.12 Å². The fourth-order valence-corrected chi connectivity index (χ4v) is 2.74. The van der Waals surface area contributed by atoms with E-state index in [-0.39, 0.29) is 11.2 Å². The molecule has 1 aliphatic rings. The number of benzene rings is 2. The van der Waals surface area contributed by atoms with Crippen molar-refractivity contribution >= 4 is 18.9 Å². The van der Waals surface area contributed by atoms with Gasteiger partial charge in [-0.1, -0.05) is 18.2 Å². The van der Waals surface area contributed by atoms with Crippen LogP contribution < -0.4 is 16.2 Å². The Hall–Kier alpha value is -2.28. The van der Waals surface area contributed by atoms with Gasteiger partial charge in [0.05, 0.1) is 11.2 Å². The molecule has 0 spiro atoms. The molecule has 5 nitrogen and oxygen atoms in total. The molecule has 2 aromatic carbocycles. The lowest BCUT2D eigenvalue weighted by Crippen LogP contribution is -2.41. The SMILES string of the molecule is CC1(C)OB(C(=Cc2ccc(Oc3ccc(N)cc3)cc2)CN)OC1(C)C. The third-order valence-corrected chi connectivity index (χ3v) is 5.14. The van der Waals surface area contributed by atoms with E-state index in [1.54, 1.807) is 0 Å². The molecule has 6 heteroatoms. The lowest BCUT2D eigenvalue weighted by atomic mass is 9.77. The number of rotatable bonds is 5. The van der Waals surface area contributed by atoms with Gasteiger partial charge in [0, 0.05) is 12.2 Å². The fourth-order valence-electron chi connectivity index (χ4n) is 2.74. The van der Waals surface area contributed by atoms with Crippen LogP contribution in [0.5, 0.6) is 11.5 Å². The van der Waals surface area contributed by atoms with E-state index in [1.807, 2.05) is 82.3 Å². The van der Waals surface area contributed by atoms with Gasteiger partial charge in [-0.15, -0.1) is 0 Å². The van der Waals surface area contributed by atoms with Crippen LogP contribution in [0.4, 0.5) is 5.69 Å². The van der Waals surface area contributed by atoms with Crippen molar-refractivity contribution in [3.05, 3.63) is 59.6 Å². The molecule has 27 heavy (non-hydrogen) atoms. The van der Waals surface area contributed by atoms with Crippen LogP contribution in [0.2, 0.25) is 0 Å². The summed E-state index contributed by atoms with van der Waals surface area (Å²) < 4.78 is 18.0. The first-order valence-corrected chi connectivity index (χ1v) is 9.10. The van der Waals surface area contributed by atoms with Gasteiger partial charge in [0.15, 0.2) is 0 Å². The molecule has 2 aromatic rings. The number of hydrogen-bond donors (Lipinski definition) is 2. The molecule has 0 aliphatic carbocycles. The molecule has 3 rings (SSSR count). The van der Waals surface area contributed by atoms with Crippen LogP contribution in [0.25, 0.3) is 6.08 Å². The molecule has 0 saturated carbocycles. The Morgan fingerprint density at radius 3 is 1.89 bits per heavy atom. The van der Waals surface area contributed by atoms with Gasteiger partial charge in [-0.3, -0.25) is 0 Å². The Bertz CT molecular complexity index is 798. The minimum Gasteiger partial charge on any atom is -0.457 e. The normalized spacial score (nSPS) is 18.6. The molecule has 0 unspecified atom stereocenters. The summed E-state index contributed by atoms with van der Waals surface area (Å²) in [7, 11) is -0.439. The smallest absolute Gasteiger partial charge is 0.457 e. The summed E-state index contributed by atoms with van der Waals surface area (Å²) in [5, 5.41) is 0. The topological polar surface area (TPSA) is 79.7 Å². The summed E-state index contributed by atoms with van der Waals surface area (Å²) in [5.41, 5.74) is 13.5. The number of hydrogen-bond acceptors (Lipinski definition) is 5. The standard InChI is InChI=1S/C21H27BN2O3/c1-20(2)21(3,4)27-22(26-20)16(14-23)13-15-5-9-18(10-6-15)25-19-11-7-17(24)8-12-19/h5-13H,14,23-24H2,1-4H3. The fraction of sp³-hybridized carbons (Fsp3) is 0.333. The number of nitrogen functional groups attached to an aromatic ring is 1. The first kappa shape index (κ1) is 19.5. The van der Waals surface area contributed by atoms with E-state index >= 15 is 0 Å². The van der Waals surface area contributed by atoms with Crippen molar-refractivity contribution in [1.82, 2.24) is 0 Å². The van der Waals surface area contributed by atoms with E-state index in [9.17, 15) is 0 Å². The molecule has 142 valence electrons. The molecule has 1 saturated heterocycles. The predicted octanol–water partition coefficient (Wildman–Crippen LogP) is 4.03. The van der Waals surface area contributed by atoms with E-state index < -0.39 is 7.12 Å². The van der Waals surface area contributed by atoms with Crippen LogP contribution in [-0.4, -0.2) is 24.9 Å². The highest BCUT2D eigenvalue weighted by Crippen LogP contribution is 2.38. The van der Waals surface area contributed by atoms with Crippen molar-refractivity contribution < 1.29 is 14.0 Å². The second kappa shape index (κ2) is 7.39. The van der Waals surface area contributed by atoms with Crippen LogP contribution in [0, 0.1) is 0 Å². The van der Waals surface area contributed by atoms with Crippen molar-refractivity contribution in [2.24, 2.45) is 5.73 Å². The zero-order chi connectivity index (χ0) is 19.7. The first-order chi connectivity index (χ1) is 12.7. The summed E-state index contributed by atoms with van der Waals surface area (Å²) in [4.78, 5) is 0. The highest BCUT2D eigenvalue weighted by Gasteiger charge is 2.52. The number of ether oxygens (including phenoxy) is 1. The molecule has 0 aromatic heterocycles. The molecule has 1 fully saturated rings. The summed E-state index contributed by atoms with van der Waals surface area (Å²) in [6.45, 7) is 8.49. The third kappa shape index (κ3) is 4.35. The van der Waals surface area contributed by atoms with Gasteiger partial charge in [0.25, 0.3) is 0 Å². The maximum absolute atomic E-state index is 6.10. The van der Waals surface area contributed by atoms with Gasteiger partial charge in [0.2, 0.25) is 0 Å². The van der Waals surface area contributed by atoms with Gasteiger partial charge in [0.1, 0.15) is 11.5 Å². The molecular weight excluding hydrogens is 339 g/mol. The molecular formula is C21H27BN2O3. The maximum atomic E-state index is 6.10. The van der Waals surface area contributed by atoms with Crippen molar-refractivity contribution in [3.63, 3.8) is 0 Å². The Morgan fingerprint density at radius 2 is 1.41 bits per heavy atom. The maximum Gasteiger partial charge on any atom is 0.491 e. The van der Waals surface area contributed by atoms with E-state index in [2.05, 4.69) is 0 Å². The molecule has 0 atom stereocenters. The largest absolute Gasteiger partial charge is 0.491 e. The zero-order valence-corrected chi connectivity index (χ0v) is 16.4. The predicted molar refractivity (Wildman–Crippen MR) is 110 cm³/mol. The van der Waals surface area contributed by atoms with Crippen LogP contribution in [0.3, 0.4) is 0 Å². The second-order valence-electron chi connectivity index (χ2n) is 7.75. The van der Waals surface area contributed by atoms with Crippen LogP contribution in [-0.2, 0) is 9.31 Å².